The van der Waals surface area contributed by atoms with Crippen LogP contribution in [0.3, 0.4) is 0 Å². The highest BCUT2D eigenvalue weighted by Crippen LogP contribution is 2.28. The van der Waals surface area contributed by atoms with Crippen molar-refractivity contribution in [2.24, 2.45) is 0 Å². The molecular formula is C12H23N3OS. The molecule has 0 saturated carbocycles. The summed E-state index contributed by atoms with van der Waals surface area (Å²) in [6.45, 7) is 6.48. The molecule has 3 heterocycles. The summed E-state index contributed by atoms with van der Waals surface area (Å²) in [5.74, 6) is 2.21. The SMILES string of the molecule is C1CCN(C2(N3CCSCC3)NCCO2)CC1. The number of rotatable bonds is 2. The molecule has 0 amide bonds. The lowest BCUT2D eigenvalue weighted by Crippen LogP contribution is -2.69. The van der Waals surface area contributed by atoms with Crippen molar-refractivity contribution in [3.8, 4) is 0 Å². The number of nitrogens with one attached hydrogen (secondary N) is 1. The van der Waals surface area contributed by atoms with Gasteiger partial charge >= 0.3 is 0 Å². The van der Waals surface area contributed by atoms with Crippen molar-refractivity contribution in [3.63, 3.8) is 0 Å². The summed E-state index contributed by atoms with van der Waals surface area (Å²) in [4.78, 5) is 5.04. The maximum absolute atomic E-state index is 6.15. The van der Waals surface area contributed by atoms with Gasteiger partial charge in [-0.15, -0.1) is 0 Å². The molecule has 5 heteroatoms. The maximum atomic E-state index is 6.15. The fourth-order valence-electron chi connectivity index (χ4n) is 3.13. The first kappa shape index (κ1) is 12.2. The molecule has 3 rings (SSSR count). The topological polar surface area (TPSA) is 27.7 Å². The van der Waals surface area contributed by atoms with E-state index in [0.29, 0.717) is 0 Å². The van der Waals surface area contributed by atoms with Crippen LogP contribution in [-0.4, -0.2) is 66.6 Å². The predicted octanol–water partition coefficient (Wildman–Crippen LogP) is 0.752. The first-order valence-corrected chi connectivity index (χ1v) is 8.04. The van der Waals surface area contributed by atoms with Gasteiger partial charge in [0.15, 0.2) is 0 Å². The van der Waals surface area contributed by atoms with Gasteiger partial charge in [0, 0.05) is 44.2 Å². The molecule has 0 bridgehead atoms. The number of piperidine rings is 1. The molecule has 3 aliphatic heterocycles. The molecule has 98 valence electrons. The van der Waals surface area contributed by atoms with Crippen LogP contribution in [0.25, 0.3) is 0 Å². The molecule has 17 heavy (non-hydrogen) atoms. The Bertz CT molecular complexity index is 226. The molecule has 0 spiro atoms. The Hall–Kier alpha value is 0.190. The minimum atomic E-state index is -0.262. The zero-order valence-corrected chi connectivity index (χ0v) is 11.3. The molecule has 1 atom stereocenters. The number of thioether (sulfide) groups is 1. The molecule has 0 radical (unpaired) electrons. The lowest BCUT2D eigenvalue weighted by Gasteiger charge is -2.49. The highest BCUT2D eigenvalue weighted by molar-refractivity contribution is 7.99. The van der Waals surface area contributed by atoms with Crippen molar-refractivity contribution in [1.82, 2.24) is 15.1 Å². The summed E-state index contributed by atoms with van der Waals surface area (Å²) in [6.07, 6.45) is 4.01. The van der Waals surface area contributed by atoms with Gasteiger partial charge < -0.3 is 4.74 Å². The van der Waals surface area contributed by atoms with Crippen molar-refractivity contribution in [2.45, 2.75) is 25.2 Å². The zero-order chi connectivity index (χ0) is 11.6. The average molecular weight is 257 g/mol. The normalized spacial score (nSPS) is 37.4. The Morgan fingerprint density at radius 1 is 0.941 bits per heavy atom. The van der Waals surface area contributed by atoms with E-state index in [0.717, 1.165) is 26.2 Å². The van der Waals surface area contributed by atoms with Gasteiger partial charge in [-0.2, -0.15) is 11.8 Å². The van der Waals surface area contributed by atoms with E-state index < -0.39 is 0 Å². The van der Waals surface area contributed by atoms with E-state index in [4.69, 9.17) is 4.74 Å². The number of ether oxygens (including phenoxy) is 1. The quantitative estimate of drug-likeness (QED) is 0.788. The van der Waals surface area contributed by atoms with Gasteiger partial charge in [0.2, 0.25) is 5.97 Å². The minimum Gasteiger partial charge on any atom is -0.333 e. The Labute approximate surface area is 108 Å². The Kier molecular flexibility index (Phi) is 3.92. The van der Waals surface area contributed by atoms with E-state index in [1.54, 1.807) is 0 Å². The third-order valence-electron chi connectivity index (χ3n) is 3.99. The molecule has 3 fully saturated rings. The molecule has 0 aromatic carbocycles. The summed E-state index contributed by atoms with van der Waals surface area (Å²) in [5, 5.41) is 3.63. The molecule has 0 aromatic rings. The summed E-state index contributed by atoms with van der Waals surface area (Å²) in [5.41, 5.74) is 0. The molecule has 0 aromatic heterocycles. The van der Waals surface area contributed by atoms with Crippen molar-refractivity contribution < 1.29 is 4.74 Å². The molecule has 1 N–H and O–H groups in total. The monoisotopic (exact) mass is 257 g/mol. The fourth-order valence-corrected chi connectivity index (χ4v) is 4.03. The predicted molar refractivity (Wildman–Crippen MR) is 71.0 cm³/mol. The average Bonchev–Trinajstić information content (AvgIpc) is 2.91. The molecule has 1 unspecified atom stereocenters. The van der Waals surface area contributed by atoms with Crippen LogP contribution in [-0.2, 0) is 4.74 Å². The maximum Gasteiger partial charge on any atom is 0.240 e. The van der Waals surface area contributed by atoms with Crippen LogP contribution in [0.15, 0.2) is 0 Å². The van der Waals surface area contributed by atoms with Gasteiger partial charge in [0.05, 0.1) is 6.61 Å². The van der Waals surface area contributed by atoms with Crippen molar-refractivity contribution in [1.29, 1.82) is 0 Å². The van der Waals surface area contributed by atoms with Crippen molar-refractivity contribution >= 4 is 11.8 Å². The fraction of sp³-hybridized carbons (Fsp3) is 1.00. The first-order chi connectivity index (χ1) is 8.42. The molecule has 3 saturated heterocycles. The largest absolute Gasteiger partial charge is 0.333 e. The Morgan fingerprint density at radius 3 is 2.29 bits per heavy atom. The summed E-state index contributed by atoms with van der Waals surface area (Å²) >= 11 is 2.06. The van der Waals surface area contributed by atoms with E-state index in [-0.39, 0.29) is 5.97 Å². The summed E-state index contributed by atoms with van der Waals surface area (Å²) in [6, 6.07) is 0. The lowest BCUT2D eigenvalue weighted by atomic mass is 10.1. The summed E-state index contributed by atoms with van der Waals surface area (Å²) < 4.78 is 6.15. The molecular weight excluding hydrogens is 234 g/mol. The Morgan fingerprint density at radius 2 is 1.65 bits per heavy atom. The van der Waals surface area contributed by atoms with Crippen LogP contribution in [0.2, 0.25) is 0 Å². The van der Waals surface area contributed by atoms with Crippen LogP contribution >= 0.6 is 11.8 Å². The van der Waals surface area contributed by atoms with Crippen LogP contribution in [0.1, 0.15) is 19.3 Å². The van der Waals surface area contributed by atoms with E-state index >= 15 is 0 Å². The Balaban J connectivity index is 1.75. The second-order valence-electron chi connectivity index (χ2n) is 5.03. The zero-order valence-electron chi connectivity index (χ0n) is 10.5. The van der Waals surface area contributed by atoms with E-state index in [1.807, 2.05) is 0 Å². The second-order valence-corrected chi connectivity index (χ2v) is 6.26. The van der Waals surface area contributed by atoms with Gasteiger partial charge in [-0.05, 0) is 12.8 Å². The molecule has 3 aliphatic rings. The van der Waals surface area contributed by atoms with Gasteiger partial charge in [-0.1, -0.05) is 6.42 Å². The van der Waals surface area contributed by atoms with E-state index in [9.17, 15) is 0 Å². The van der Waals surface area contributed by atoms with Gasteiger partial charge in [0.25, 0.3) is 0 Å². The third-order valence-corrected chi connectivity index (χ3v) is 4.93. The van der Waals surface area contributed by atoms with Crippen molar-refractivity contribution in [2.75, 3.05) is 50.8 Å². The van der Waals surface area contributed by atoms with Crippen LogP contribution < -0.4 is 5.32 Å². The highest BCUT2D eigenvalue weighted by atomic mass is 32.2. The number of nitrogens with zero attached hydrogens (tertiary/aromatic N) is 2. The van der Waals surface area contributed by atoms with Gasteiger partial charge in [0.1, 0.15) is 0 Å². The van der Waals surface area contributed by atoms with E-state index in [2.05, 4.69) is 26.9 Å². The first-order valence-electron chi connectivity index (χ1n) is 6.89. The summed E-state index contributed by atoms with van der Waals surface area (Å²) in [7, 11) is 0. The van der Waals surface area contributed by atoms with Crippen molar-refractivity contribution in [3.05, 3.63) is 0 Å². The third kappa shape index (κ3) is 2.36. The van der Waals surface area contributed by atoms with E-state index in [1.165, 1.54) is 43.9 Å². The van der Waals surface area contributed by atoms with Gasteiger partial charge in [-0.25, -0.2) is 9.80 Å². The number of hydrogen-bond acceptors (Lipinski definition) is 5. The molecule has 4 nitrogen and oxygen atoms in total. The second kappa shape index (κ2) is 5.45. The van der Waals surface area contributed by atoms with Crippen LogP contribution in [0, 0.1) is 0 Å². The smallest absolute Gasteiger partial charge is 0.240 e. The van der Waals surface area contributed by atoms with Gasteiger partial charge in [-0.3, -0.25) is 5.32 Å². The lowest BCUT2D eigenvalue weighted by molar-refractivity contribution is -0.238. The highest BCUT2D eigenvalue weighted by Gasteiger charge is 2.46. The number of likely N-dealkylation sites (tertiary alicyclic amines) is 1. The standard InChI is InChI=1S/C12H23N3OS/c1-2-5-14(6-3-1)12(13-4-9-16-12)15-7-10-17-11-8-15/h13H,1-11H2. The minimum absolute atomic E-state index is 0.262. The molecule has 0 aliphatic carbocycles. The van der Waals surface area contributed by atoms with Crippen LogP contribution in [0.5, 0.6) is 0 Å². The number of hydrogen-bond donors (Lipinski definition) is 1. The van der Waals surface area contributed by atoms with Crippen LogP contribution in [0.4, 0.5) is 0 Å².